The van der Waals surface area contributed by atoms with Gasteiger partial charge >= 0.3 is 0 Å². The number of ketones is 1. The van der Waals surface area contributed by atoms with Gasteiger partial charge in [0, 0.05) is 30.5 Å². The van der Waals surface area contributed by atoms with Crippen LogP contribution in [-0.2, 0) is 22.5 Å². The molecule has 0 amide bonds. The summed E-state index contributed by atoms with van der Waals surface area (Å²) in [6.45, 7) is 5.51. The molecule has 2 aromatic carbocycles. The summed E-state index contributed by atoms with van der Waals surface area (Å²) < 4.78 is 11.8. The van der Waals surface area contributed by atoms with Crippen molar-refractivity contribution in [2.45, 2.75) is 26.3 Å². The fourth-order valence-electron chi connectivity index (χ4n) is 4.04. The third kappa shape index (κ3) is 5.33. The summed E-state index contributed by atoms with van der Waals surface area (Å²) >= 11 is 1.62. The Kier molecular flexibility index (Phi) is 6.94. The third-order valence-corrected chi connectivity index (χ3v) is 6.78. The summed E-state index contributed by atoms with van der Waals surface area (Å²) in [7, 11) is 0. The molecule has 0 bridgehead atoms. The van der Waals surface area contributed by atoms with Gasteiger partial charge in [-0.05, 0) is 36.6 Å². The largest absolute Gasteiger partial charge is 0.438 e. The second-order valence-corrected chi connectivity index (χ2v) is 9.34. The van der Waals surface area contributed by atoms with E-state index >= 15 is 0 Å². The van der Waals surface area contributed by atoms with Crippen LogP contribution in [0.4, 0.5) is 0 Å². The number of thiophene rings is 1. The molecule has 3 heterocycles. The molecule has 0 N–H and O–H groups in total. The molecule has 1 aliphatic rings. The molecular weight excluding hydrogens is 446 g/mol. The Morgan fingerprint density at radius 3 is 2.56 bits per heavy atom. The molecule has 4 aromatic rings. The van der Waals surface area contributed by atoms with Crippen LogP contribution in [0.1, 0.15) is 24.7 Å². The van der Waals surface area contributed by atoms with E-state index in [1.807, 2.05) is 42.5 Å². The molecular formula is C27H27N3O3S. The highest BCUT2D eigenvalue weighted by Crippen LogP contribution is 2.39. The number of carbonyl (C=O) groups excluding carboxylic acids is 1. The number of aromatic nitrogens is 2. The van der Waals surface area contributed by atoms with Gasteiger partial charge in [0.25, 0.3) is 0 Å². The minimum Gasteiger partial charge on any atom is -0.438 e. The van der Waals surface area contributed by atoms with Gasteiger partial charge in [-0.2, -0.15) is 4.98 Å². The number of Topliss-reactive ketones (excluding diaryl/α,β-unsaturated/α-hetero) is 1. The van der Waals surface area contributed by atoms with Crippen LogP contribution in [0.2, 0.25) is 0 Å². The normalized spacial score (nSPS) is 14.4. The van der Waals surface area contributed by atoms with Crippen molar-refractivity contribution in [2.75, 3.05) is 26.3 Å². The maximum atomic E-state index is 11.3. The Hall–Kier alpha value is -3.13. The summed E-state index contributed by atoms with van der Waals surface area (Å²) in [4.78, 5) is 24.3. The van der Waals surface area contributed by atoms with Crippen molar-refractivity contribution < 1.29 is 14.3 Å². The van der Waals surface area contributed by atoms with Crippen LogP contribution in [0, 0.1) is 0 Å². The van der Waals surface area contributed by atoms with E-state index in [1.54, 1.807) is 18.3 Å². The quantitative estimate of drug-likeness (QED) is 0.336. The van der Waals surface area contributed by atoms with E-state index in [0.717, 1.165) is 65.5 Å². The zero-order valence-corrected chi connectivity index (χ0v) is 20.0. The minimum atomic E-state index is 0.197. The lowest BCUT2D eigenvalue weighted by atomic mass is 10.1. The van der Waals surface area contributed by atoms with Gasteiger partial charge in [-0.3, -0.25) is 4.90 Å². The zero-order chi connectivity index (χ0) is 23.3. The molecule has 0 saturated carbocycles. The molecule has 174 valence electrons. The van der Waals surface area contributed by atoms with Gasteiger partial charge in [-0.15, -0.1) is 11.3 Å². The predicted molar refractivity (Wildman–Crippen MR) is 134 cm³/mol. The van der Waals surface area contributed by atoms with Crippen LogP contribution >= 0.6 is 11.3 Å². The first-order valence-electron chi connectivity index (χ1n) is 11.6. The van der Waals surface area contributed by atoms with Crippen molar-refractivity contribution in [3.05, 3.63) is 71.4 Å². The fraction of sp³-hybridized carbons (Fsp3) is 0.296. The van der Waals surface area contributed by atoms with Crippen LogP contribution < -0.4 is 4.74 Å². The highest BCUT2D eigenvalue weighted by atomic mass is 32.1. The Morgan fingerprint density at radius 1 is 1.06 bits per heavy atom. The van der Waals surface area contributed by atoms with Crippen molar-refractivity contribution in [1.29, 1.82) is 0 Å². The van der Waals surface area contributed by atoms with Crippen LogP contribution in [-0.4, -0.2) is 47.0 Å². The van der Waals surface area contributed by atoms with Crippen molar-refractivity contribution in [2.24, 2.45) is 0 Å². The topological polar surface area (TPSA) is 64.5 Å². The van der Waals surface area contributed by atoms with Crippen molar-refractivity contribution in [3.8, 4) is 22.8 Å². The molecule has 6 nitrogen and oxygen atoms in total. The van der Waals surface area contributed by atoms with Gasteiger partial charge in [-0.1, -0.05) is 42.5 Å². The Labute approximate surface area is 203 Å². The first-order valence-corrected chi connectivity index (χ1v) is 12.4. The molecule has 0 unspecified atom stereocenters. The monoisotopic (exact) mass is 473 g/mol. The smallest absolute Gasteiger partial charge is 0.232 e. The fourth-order valence-corrected chi connectivity index (χ4v) is 5.00. The maximum Gasteiger partial charge on any atom is 0.232 e. The summed E-state index contributed by atoms with van der Waals surface area (Å²) in [5.41, 5.74) is 3.30. The summed E-state index contributed by atoms with van der Waals surface area (Å²) in [5.74, 6) is 2.24. The van der Waals surface area contributed by atoms with E-state index in [0.29, 0.717) is 24.6 Å². The second-order valence-electron chi connectivity index (χ2n) is 8.48. The van der Waals surface area contributed by atoms with E-state index < -0.39 is 0 Å². The average molecular weight is 474 g/mol. The minimum absolute atomic E-state index is 0.197. The van der Waals surface area contributed by atoms with Crippen LogP contribution in [0.5, 0.6) is 11.6 Å². The van der Waals surface area contributed by atoms with E-state index in [9.17, 15) is 4.79 Å². The second kappa shape index (κ2) is 10.4. The average Bonchev–Trinajstić information content (AvgIpc) is 3.29. The SMILES string of the molecule is CC(=O)CCc1ccc(Oc2nc(CN3CCOCC3)nc3scc(-c4ccccc4)c23)cc1. The van der Waals surface area contributed by atoms with Crippen LogP contribution in [0.15, 0.2) is 60.0 Å². The number of nitrogens with zero attached hydrogens (tertiary/aromatic N) is 3. The van der Waals surface area contributed by atoms with E-state index in [2.05, 4.69) is 22.4 Å². The number of rotatable bonds is 8. The number of hydrogen-bond donors (Lipinski definition) is 0. The lowest BCUT2D eigenvalue weighted by Crippen LogP contribution is -2.36. The van der Waals surface area contributed by atoms with Crippen molar-refractivity contribution >= 4 is 27.3 Å². The summed E-state index contributed by atoms with van der Waals surface area (Å²) in [6, 6.07) is 18.2. The molecule has 2 aromatic heterocycles. The first-order chi connectivity index (χ1) is 16.7. The maximum absolute atomic E-state index is 11.3. The van der Waals surface area contributed by atoms with Gasteiger partial charge in [0.05, 0.1) is 25.1 Å². The van der Waals surface area contributed by atoms with E-state index in [4.69, 9.17) is 19.4 Å². The molecule has 5 rings (SSSR count). The van der Waals surface area contributed by atoms with E-state index in [1.165, 1.54) is 0 Å². The van der Waals surface area contributed by atoms with Gasteiger partial charge in [-0.25, -0.2) is 4.98 Å². The van der Waals surface area contributed by atoms with E-state index in [-0.39, 0.29) is 5.78 Å². The molecule has 0 spiro atoms. The predicted octanol–water partition coefficient (Wildman–Crippen LogP) is 5.50. The first kappa shape index (κ1) is 22.7. The summed E-state index contributed by atoms with van der Waals surface area (Å²) in [6.07, 6.45) is 1.28. The van der Waals surface area contributed by atoms with Crippen molar-refractivity contribution in [3.63, 3.8) is 0 Å². The highest BCUT2D eigenvalue weighted by molar-refractivity contribution is 7.17. The molecule has 34 heavy (non-hydrogen) atoms. The Morgan fingerprint density at radius 2 is 1.82 bits per heavy atom. The van der Waals surface area contributed by atoms with Crippen LogP contribution in [0.3, 0.4) is 0 Å². The number of benzene rings is 2. The van der Waals surface area contributed by atoms with Gasteiger partial charge < -0.3 is 14.3 Å². The number of carbonyl (C=O) groups is 1. The molecule has 0 radical (unpaired) electrons. The van der Waals surface area contributed by atoms with Gasteiger partial charge in [0.15, 0.2) is 0 Å². The van der Waals surface area contributed by atoms with Crippen molar-refractivity contribution in [1.82, 2.24) is 14.9 Å². The van der Waals surface area contributed by atoms with Crippen LogP contribution in [0.25, 0.3) is 21.3 Å². The zero-order valence-electron chi connectivity index (χ0n) is 19.2. The third-order valence-electron chi connectivity index (χ3n) is 5.90. The highest BCUT2D eigenvalue weighted by Gasteiger charge is 2.19. The molecule has 1 fully saturated rings. The molecule has 1 saturated heterocycles. The van der Waals surface area contributed by atoms with Gasteiger partial charge in [0.1, 0.15) is 22.2 Å². The number of aryl methyl sites for hydroxylation is 1. The lowest BCUT2D eigenvalue weighted by molar-refractivity contribution is -0.116. The number of hydrogen-bond acceptors (Lipinski definition) is 7. The number of fused-ring (bicyclic) bond motifs is 1. The number of morpholine rings is 1. The Balaban J connectivity index is 1.49. The summed E-state index contributed by atoms with van der Waals surface area (Å²) in [5, 5.41) is 3.06. The Bertz CT molecular complexity index is 1270. The molecule has 1 aliphatic heterocycles. The molecule has 0 aliphatic carbocycles. The standard InChI is InChI=1S/C27H27N3O3S/c1-19(31)7-8-20-9-11-22(12-10-20)33-26-25-23(21-5-3-2-4-6-21)18-34-27(25)29-24(28-26)17-30-13-15-32-16-14-30/h2-6,9-12,18H,7-8,13-17H2,1H3. The van der Waals surface area contributed by atoms with Gasteiger partial charge in [0.2, 0.25) is 5.88 Å². The molecule has 7 heteroatoms. The lowest BCUT2D eigenvalue weighted by Gasteiger charge is -2.25. The number of ether oxygens (including phenoxy) is 2. The molecule has 0 atom stereocenters.